The smallest absolute Gasteiger partial charge is 0.548 e. The molecule has 0 bridgehead atoms. The summed E-state index contributed by atoms with van der Waals surface area (Å²) >= 11 is 0. The number of aliphatic carboxylic acids is 1. The molecule has 0 aromatic carbocycles. The largest absolute Gasteiger partial charge is 1.00 e. The summed E-state index contributed by atoms with van der Waals surface area (Å²) in [6.07, 6.45) is 39.0. The number of nitrogens with zero attached hydrogens (tertiary/aromatic N) is 1. The van der Waals surface area contributed by atoms with Gasteiger partial charge in [0.25, 0.3) is 0 Å². The van der Waals surface area contributed by atoms with Crippen molar-refractivity contribution in [1.82, 2.24) is 4.90 Å². The Kier molecular flexibility index (Phi) is 35.3. The Balaban J connectivity index is 0. The number of carbonyl (C=O) groups is 1. The molecule has 2 atom stereocenters. The van der Waals surface area contributed by atoms with Crippen molar-refractivity contribution in [2.45, 2.75) is 205 Å². The molecular weight excluding hydrogens is 521 g/mol. The number of β-amino-alcohol motifs (C(OH)–C–C–N with tert-alkyl or cyclic N) is 1. The fourth-order valence-corrected chi connectivity index (χ4v) is 6.36. The zero-order valence-corrected chi connectivity index (χ0v) is 29.8. The molecule has 0 aromatic heterocycles. The van der Waals surface area contributed by atoms with E-state index < -0.39 is 18.1 Å². The van der Waals surface area contributed by atoms with Crippen molar-refractivity contribution in [3.05, 3.63) is 0 Å². The Labute approximate surface area is 278 Å². The van der Waals surface area contributed by atoms with E-state index in [0.29, 0.717) is 13.0 Å². The minimum atomic E-state index is -1.04. The van der Waals surface area contributed by atoms with Crippen LogP contribution in [0.15, 0.2) is 0 Å². The van der Waals surface area contributed by atoms with Crippen LogP contribution < -0.4 is 34.7 Å². The van der Waals surface area contributed by atoms with Crippen molar-refractivity contribution in [2.24, 2.45) is 0 Å². The van der Waals surface area contributed by atoms with E-state index in [1.165, 1.54) is 167 Å². The normalized spacial score (nSPS) is 16.9. The molecule has 5 nitrogen and oxygen atoms in total. The third kappa shape index (κ3) is 27.6. The average Bonchev–Trinajstić information content (AvgIpc) is 3.30. The Morgan fingerprint density at radius 2 is 0.854 bits per heavy atom. The van der Waals surface area contributed by atoms with Crippen molar-refractivity contribution in [2.75, 3.05) is 13.1 Å². The molecule has 1 aliphatic heterocycles. The zero-order valence-electron chi connectivity index (χ0n) is 27.8. The number of unbranched alkanes of at least 4 members (excludes halogenated alkanes) is 27. The van der Waals surface area contributed by atoms with Gasteiger partial charge in [-0.3, -0.25) is 4.90 Å². The summed E-state index contributed by atoms with van der Waals surface area (Å²) in [6.45, 7) is 3.55. The van der Waals surface area contributed by atoms with Gasteiger partial charge >= 0.3 is 29.6 Å². The maximum absolute atomic E-state index is 11.2. The second-order valence-electron chi connectivity index (χ2n) is 12.8. The number of carbonyl (C=O) groups excluding carboxylic acids is 1. The van der Waals surface area contributed by atoms with Gasteiger partial charge in [-0.05, 0) is 19.4 Å². The van der Waals surface area contributed by atoms with E-state index in [1.807, 2.05) is 4.90 Å². The van der Waals surface area contributed by atoms with Crippen LogP contribution in [0.1, 0.15) is 193 Å². The standard InChI is InChI=1S/C35H69NO3.Na.H2O/c1-2-3-4-5-6-7-8-9-10-11-12-13-14-15-16-17-18-19-20-21-22-23-24-25-26-27-28-29-30-36-32-33(37)31-34(36)35(38)39;;/h33-34,37H,2-32H2,1H3,(H,38,39);;1H2/q;+1;/p-1/t33-,34+;;/m1../s1. The molecule has 1 rings (SSSR count). The van der Waals surface area contributed by atoms with Crippen molar-refractivity contribution in [3.8, 4) is 0 Å². The Morgan fingerprint density at radius 3 is 1.12 bits per heavy atom. The first-order valence-electron chi connectivity index (χ1n) is 17.8. The predicted molar refractivity (Wildman–Crippen MR) is 170 cm³/mol. The second kappa shape index (κ2) is 33.2. The molecule has 1 heterocycles. The molecule has 41 heavy (non-hydrogen) atoms. The molecule has 6 heteroatoms. The molecule has 1 fully saturated rings. The van der Waals surface area contributed by atoms with Gasteiger partial charge < -0.3 is 20.5 Å². The van der Waals surface area contributed by atoms with Crippen LogP contribution in [0.3, 0.4) is 0 Å². The number of carboxylic acids is 1. The van der Waals surface area contributed by atoms with Crippen molar-refractivity contribution in [3.63, 3.8) is 0 Å². The third-order valence-electron chi connectivity index (χ3n) is 8.95. The molecular formula is C35H70NNaO4. The quantitative estimate of drug-likeness (QED) is 0.0907. The van der Waals surface area contributed by atoms with E-state index in [2.05, 4.69) is 6.92 Å². The number of aliphatic hydroxyl groups excluding tert-OH is 1. The first-order valence-corrected chi connectivity index (χ1v) is 17.8. The average molecular weight is 592 g/mol. The van der Waals surface area contributed by atoms with Gasteiger partial charge in [-0.15, -0.1) is 0 Å². The topological polar surface area (TPSA) is 95.1 Å². The molecule has 0 aliphatic carbocycles. The molecule has 240 valence electrons. The van der Waals surface area contributed by atoms with Gasteiger partial charge in [-0.1, -0.05) is 180 Å². The van der Waals surface area contributed by atoms with Gasteiger partial charge in [-0.25, -0.2) is 0 Å². The van der Waals surface area contributed by atoms with Crippen molar-refractivity contribution >= 4 is 5.97 Å². The van der Waals surface area contributed by atoms with Crippen molar-refractivity contribution in [1.29, 1.82) is 0 Å². The maximum atomic E-state index is 11.2. The van der Waals surface area contributed by atoms with Crippen LogP contribution in [-0.2, 0) is 4.79 Å². The molecule has 0 unspecified atom stereocenters. The Hall–Kier alpha value is 0.350. The molecule has 0 radical (unpaired) electrons. The van der Waals surface area contributed by atoms with Crippen LogP contribution in [0.25, 0.3) is 0 Å². The SMILES string of the molecule is CCCCCCCCCCCCCCCCCCCCCCCCCCCCCCN1C[C@H](O)C[C@H]1C(=O)[O-].O.[Na+]. The number of hydrogen-bond donors (Lipinski definition) is 1. The molecule has 0 aromatic rings. The summed E-state index contributed by atoms with van der Waals surface area (Å²) < 4.78 is 0. The summed E-state index contributed by atoms with van der Waals surface area (Å²) in [5, 5.41) is 20.8. The van der Waals surface area contributed by atoms with Gasteiger partial charge in [0.05, 0.1) is 18.1 Å². The third-order valence-corrected chi connectivity index (χ3v) is 8.95. The summed E-state index contributed by atoms with van der Waals surface area (Å²) in [5.74, 6) is -1.04. The number of carboxylic acid groups (broad SMARTS) is 1. The minimum Gasteiger partial charge on any atom is -0.548 e. The Bertz CT molecular complexity index is 536. The van der Waals surface area contributed by atoms with Crippen LogP contribution in [-0.4, -0.2) is 46.7 Å². The summed E-state index contributed by atoms with van der Waals surface area (Å²) in [6, 6.07) is -0.589. The molecule has 1 aliphatic rings. The number of aliphatic hydroxyl groups is 1. The molecule has 0 amide bonds. The van der Waals surface area contributed by atoms with Crippen LogP contribution in [0, 0.1) is 0 Å². The van der Waals surface area contributed by atoms with Crippen LogP contribution in [0.5, 0.6) is 0 Å². The fourth-order valence-electron chi connectivity index (χ4n) is 6.36. The molecule has 3 N–H and O–H groups in total. The van der Waals surface area contributed by atoms with Crippen LogP contribution in [0.4, 0.5) is 0 Å². The first kappa shape index (κ1) is 43.5. The number of likely N-dealkylation sites (tertiary alicyclic amines) is 1. The maximum Gasteiger partial charge on any atom is 1.00 e. The van der Waals surface area contributed by atoms with Crippen molar-refractivity contribution < 1.29 is 50.0 Å². The van der Waals surface area contributed by atoms with E-state index in [-0.39, 0.29) is 35.0 Å². The van der Waals surface area contributed by atoms with E-state index in [0.717, 1.165) is 19.4 Å². The van der Waals surface area contributed by atoms with Gasteiger partial charge in [-0.2, -0.15) is 0 Å². The van der Waals surface area contributed by atoms with Crippen LogP contribution >= 0.6 is 0 Å². The summed E-state index contributed by atoms with van der Waals surface area (Å²) in [7, 11) is 0. The van der Waals surface area contributed by atoms with Gasteiger partial charge in [0.1, 0.15) is 0 Å². The van der Waals surface area contributed by atoms with E-state index >= 15 is 0 Å². The number of rotatable bonds is 30. The van der Waals surface area contributed by atoms with E-state index in [4.69, 9.17) is 0 Å². The predicted octanol–water partition coefficient (Wildman–Crippen LogP) is 5.29. The second-order valence-corrected chi connectivity index (χ2v) is 12.8. The van der Waals surface area contributed by atoms with E-state index in [1.54, 1.807) is 0 Å². The van der Waals surface area contributed by atoms with Crippen LogP contribution in [0.2, 0.25) is 0 Å². The molecule has 1 saturated heterocycles. The van der Waals surface area contributed by atoms with E-state index in [9.17, 15) is 15.0 Å². The van der Waals surface area contributed by atoms with Gasteiger partial charge in [0.2, 0.25) is 0 Å². The van der Waals surface area contributed by atoms with Gasteiger partial charge in [0, 0.05) is 6.54 Å². The first-order chi connectivity index (χ1) is 19.1. The Morgan fingerprint density at radius 1 is 0.585 bits per heavy atom. The molecule has 0 spiro atoms. The summed E-state index contributed by atoms with van der Waals surface area (Å²) in [5.41, 5.74) is 0. The number of hydrogen-bond acceptors (Lipinski definition) is 4. The summed E-state index contributed by atoms with van der Waals surface area (Å²) in [4.78, 5) is 13.0. The van der Waals surface area contributed by atoms with Gasteiger partial charge in [0.15, 0.2) is 0 Å². The monoisotopic (exact) mass is 592 g/mol. The minimum absolute atomic E-state index is 0. The fraction of sp³-hybridized carbons (Fsp3) is 0.971. The molecule has 0 saturated carbocycles. The zero-order chi connectivity index (χ0) is 28.2.